The van der Waals surface area contributed by atoms with E-state index in [9.17, 15) is 26.4 Å². The van der Waals surface area contributed by atoms with E-state index in [1.54, 1.807) is 41.2 Å². The molecule has 1 saturated heterocycles. The highest BCUT2D eigenvalue weighted by molar-refractivity contribution is 7.87. The lowest BCUT2D eigenvalue weighted by molar-refractivity contribution is -0.130. The van der Waals surface area contributed by atoms with Gasteiger partial charge >= 0.3 is 16.3 Å². The van der Waals surface area contributed by atoms with Crippen molar-refractivity contribution in [2.45, 2.75) is 38.8 Å². The Hall–Kier alpha value is -3.15. The number of halogens is 5. The van der Waals surface area contributed by atoms with Crippen LogP contribution in [-0.2, 0) is 10.1 Å². The quantitative estimate of drug-likeness (QED) is 0.209. The van der Waals surface area contributed by atoms with Crippen molar-refractivity contribution in [1.82, 2.24) is 9.24 Å². The molecule has 2 aromatic heterocycles. The summed E-state index contributed by atoms with van der Waals surface area (Å²) in [6.07, 6.45) is -1.27. The molecular formula is C28H26Cl2F3N3O4S. The van der Waals surface area contributed by atoms with Gasteiger partial charge in [-0.15, -0.1) is 0 Å². The monoisotopic (exact) mass is 627 g/mol. The molecule has 0 spiro atoms. The Kier molecular flexibility index (Phi) is 8.06. The number of hydrogen-bond acceptors (Lipinski definition) is 5. The molecule has 41 heavy (non-hydrogen) atoms. The molecule has 0 atom stereocenters. The summed E-state index contributed by atoms with van der Waals surface area (Å²) in [4.78, 5) is 13.8. The van der Waals surface area contributed by atoms with Gasteiger partial charge in [-0.2, -0.15) is 21.6 Å². The molecule has 13 heteroatoms. The summed E-state index contributed by atoms with van der Waals surface area (Å²) in [5, 5.41) is 3.32. The highest BCUT2D eigenvalue weighted by Gasteiger charge is 2.31. The largest absolute Gasteiger partial charge is 0.390 e. The van der Waals surface area contributed by atoms with Gasteiger partial charge in [0.15, 0.2) is 0 Å². The fourth-order valence-corrected chi connectivity index (χ4v) is 6.60. The fourth-order valence-electron chi connectivity index (χ4n) is 5.13. The summed E-state index contributed by atoms with van der Waals surface area (Å²) < 4.78 is 70.1. The molecule has 2 aromatic carbocycles. The number of fused-ring (bicyclic) bond motifs is 1. The first-order valence-corrected chi connectivity index (χ1v) is 15.2. The predicted molar refractivity (Wildman–Crippen MR) is 155 cm³/mol. The molecule has 1 aliphatic rings. The molecule has 0 N–H and O–H groups in total. The number of benzene rings is 2. The zero-order valence-corrected chi connectivity index (χ0v) is 24.2. The second-order valence-corrected chi connectivity index (χ2v) is 12.4. The molecule has 1 aliphatic heterocycles. The Morgan fingerprint density at radius 1 is 0.976 bits per heavy atom. The zero-order chi connectivity index (χ0) is 29.5. The van der Waals surface area contributed by atoms with Gasteiger partial charge in [-0.05, 0) is 85.8 Å². The van der Waals surface area contributed by atoms with Crippen molar-refractivity contribution < 1.29 is 25.8 Å². The Morgan fingerprint density at radius 3 is 2.29 bits per heavy atom. The van der Waals surface area contributed by atoms with Crippen LogP contribution in [0, 0.1) is 6.92 Å². The highest BCUT2D eigenvalue weighted by atomic mass is 35.5. The molecule has 5 rings (SSSR count). The van der Waals surface area contributed by atoms with Crippen LogP contribution in [0.3, 0.4) is 0 Å². The molecule has 4 aromatic rings. The van der Waals surface area contributed by atoms with E-state index in [0.717, 1.165) is 32.4 Å². The number of nitrogens with zero attached hydrogens (tertiary/aromatic N) is 3. The summed E-state index contributed by atoms with van der Waals surface area (Å²) in [5.74, 6) is -1.32. The van der Waals surface area contributed by atoms with Crippen LogP contribution in [0.5, 0.6) is 5.75 Å². The first kappa shape index (κ1) is 29.3. The van der Waals surface area contributed by atoms with Gasteiger partial charge in [-0.25, -0.2) is 4.68 Å². The Bertz CT molecular complexity index is 1760. The lowest BCUT2D eigenvalue weighted by Gasteiger charge is -2.30. The van der Waals surface area contributed by atoms with Crippen molar-refractivity contribution in [2.24, 2.45) is 0 Å². The number of aromatic nitrogens is 2. The molecule has 0 aliphatic carbocycles. The van der Waals surface area contributed by atoms with Crippen LogP contribution in [0.15, 0.2) is 59.5 Å². The minimum absolute atomic E-state index is 0.131. The molecule has 1 fully saturated rings. The average molecular weight is 628 g/mol. The van der Waals surface area contributed by atoms with E-state index >= 15 is 0 Å². The van der Waals surface area contributed by atoms with Gasteiger partial charge in [-0.3, -0.25) is 4.79 Å². The van der Waals surface area contributed by atoms with E-state index in [1.165, 1.54) is 12.1 Å². The third-order valence-corrected chi connectivity index (χ3v) is 8.71. The maximum atomic E-state index is 13.8. The third kappa shape index (κ3) is 6.22. The van der Waals surface area contributed by atoms with E-state index < -0.39 is 28.5 Å². The summed E-state index contributed by atoms with van der Waals surface area (Å²) in [7, 11) is -4.46. The van der Waals surface area contributed by atoms with E-state index in [-0.39, 0.29) is 11.3 Å². The van der Waals surface area contributed by atoms with Crippen molar-refractivity contribution in [1.29, 1.82) is 0 Å². The van der Waals surface area contributed by atoms with Gasteiger partial charge in [0.2, 0.25) is 0 Å². The van der Waals surface area contributed by atoms with Crippen molar-refractivity contribution in [2.75, 3.05) is 23.9 Å². The van der Waals surface area contributed by atoms with Gasteiger partial charge in [0, 0.05) is 24.3 Å². The van der Waals surface area contributed by atoms with Crippen molar-refractivity contribution in [3.8, 4) is 22.7 Å². The molecule has 0 bridgehead atoms. The van der Waals surface area contributed by atoms with Crippen molar-refractivity contribution in [3.05, 3.63) is 80.7 Å². The number of aryl methyl sites for hydroxylation is 1. The first-order valence-electron chi connectivity index (χ1n) is 12.9. The molecule has 7 nitrogen and oxygen atoms in total. The van der Waals surface area contributed by atoms with Crippen LogP contribution in [-0.4, -0.2) is 42.7 Å². The van der Waals surface area contributed by atoms with E-state index in [0.29, 0.717) is 43.5 Å². The molecule has 0 radical (unpaired) electrons. The minimum atomic E-state index is -4.62. The molecular weight excluding hydrogens is 602 g/mol. The van der Waals surface area contributed by atoms with Crippen LogP contribution in [0.2, 0.25) is 10.0 Å². The lowest BCUT2D eigenvalue weighted by Crippen LogP contribution is -2.45. The number of pyridine rings is 1. The van der Waals surface area contributed by atoms with E-state index in [4.69, 9.17) is 27.4 Å². The predicted octanol–water partition coefficient (Wildman–Crippen LogP) is 6.86. The standard InChI is InChI=1S/C28H26Cl2F3N3O4S/c1-18-25-24(11-15-35(27(25)37)34-13-3-2-4-14-34)36(23-10-7-20(29)17-22(23)30)26(18)19-5-8-21(9-6-19)40-41(38,39)16-12-28(31,32)33/h5-11,15,17H,2-4,12-14,16H2,1H3. The minimum Gasteiger partial charge on any atom is -0.382 e. The molecule has 0 unspecified atom stereocenters. The smallest absolute Gasteiger partial charge is 0.382 e. The topological polar surface area (TPSA) is 73.5 Å². The Morgan fingerprint density at radius 2 is 1.66 bits per heavy atom. The summed E-state index contributed by atoms with van der Waals surface area (Å²) in [6.45, 7) is 3.37. The highest BCUT2D eigenvalue weighted by Crippen LogP contribution is 2.38. The summed E-state index contributed by atoms with van der Waals surface area (Å²) in [5.41, 5.74) is 2.93. The SMILES string of the molecule is Cc1c(-c2ccc(OS(=O)(=O)CCC(F)(F)F)cc2)n(-c2ccc(Cl)cc2Cl)c2ccn(N3CCCCC3)c(=O)c12. The average Bonchev–Trinajstić information content (AvgIpc) is 3.21. The second kappa shape index (κ2) is 11.3. The van der Waals surface area contributed by atoms with Crippen LogP contribution < -0.4 is 14.8 Å². The summed E-state index contributed by atoms with van der Waals surface area (Å²) >= 11 is 12.8. The molecule has 0 amide bonds. The van der Waals surface area contributed by atoms with Crippen LogP contribution >= 0.6 is 23.2 Å². The first-order chi connectivity index (χ1) is 19.3. The fraction of sp³-hybridized carbons (Fsp3) is 0.321. The number of alkyl halides is 3. The van der Waals surface area contributed by atoms with Gasteiger partial charge in [-0.1, -0.05) is 23.2 Å². The maximum Gasteiger partial charge on any atom is 0.390 e. The normalized spacial score (nSPS) is 14.5. The van der Waals surface area contributed by atoms with Crippen LogP contribution in [0.1, 0.15) is 31.2 Å². The van der Waals surface area contributed by atoms with Crippen molar-refractivity contribution >= 4 is 44.2 Å². The number of rotatable bonds is 7. The van der Waals surface area contributed by atoms with Gasteiger partial charge in [0.25, 0.3) is 5.56 Å². The van der Waals surface area contributed by atoms with Gasteiger partial charge in [0.05, 0.1) is 39.5 Å². The van der Waals surface area contributed by atoms with Gasteiger partial charge in [0.1, 0.15) is 5.75 Å². The Labute approximate surface area is 244 Å². The molecule has 218 valence electrons. The third-order valence-electron chi connectivity index (χ3n) is 7.02. The Balaban J connectivity index is 1.62. The lowest BCUT2D eigenvalue weighted by atomic mass is 10.1. The zero-order valence-electron chi connectivity index (χ0n) is 21.9. The maximum absolute atomic E-state index is 13.8. The number of piperidine rings is 1. The molecule has 3 heterocycles. The molecule has 0 saturated carbocycles. The van der Waals surface area contributed by atoms with E-state index in [1.807, 2.05) is 22.6 Å². The van der Waals surface area contributed by atoms with Crippen LogP contribution in [0.4, 0.5) is 13.2 Å². The summed E-state index contributed by atoms with van der Waals surface area (Å²) in [6, 6.07) is 12.8. The van der Waals surface area contributed by atoms with E-state index in [2.05, 4.69) is 0 Å². The van der Waals surface area contributed by atoms with Gasteiger partial charge < -0.3 is 13.8 Å². The van der Waals surface area contributed by atoms with Crippen LogP contribution in [0.25, 0.3) is 27.8 Å². The second-order valence-electron chi connectivity index (χ2n) is 9.88. The van der Waals surface area contributed by atoms with Crippen molar-refractivity contribution in [3.63, 3.8) is 0 Å². The number of hydrogen-bond donors (Lipinski definition) is 0.